The number of aromatic nitrogens is 4. The molecule has 2 N–H and O–H groups in total. The minimum Gasteiger partial charge on any atom is -0.478 e. The van der Waals surface area contributed by atoms with Gasteiger partial charge in [-0.15, -0.1) is 0 Å². The fourth-order valence-corrected chi connectivity index (χ4v) is 2.87. The Kier molecular flexibility index (Phi) is 6.64. The molecule has 7 heteroatoms. The number of hydrogen-bond donors (Lipinski definition) is 2. The fourth-order valence-electron chi connectivity index (χ4n) is 2.87. The van der Waals surface area contributed by atoms with Crippen molar-refractivity contribution in [2.24, 2.45) is 0 Å². The summed E-state index contributed by atoms with van der Waals surface area (Å²) in [6.07, 6.45) is 9.19. The lowest BCUT2D eigenvalue weighted by molar-refractivity contribution is 0.0695. The number of aromatic amines is 1. The fraction of sp³-hybridized carbons (Fsp3) is 0.130. The maximum Gasteiger partial charge on any atom is 0.337 e. The molecule has 4 rings (SSSR count). The molecule has 0 spiro atoms. The minimum atomic E-state index is -0.925. The molecule has 30 heavy (non-hydrogen) atoms. The summed E-state index contributed by atoms with van der Waals surface area (Å²) in [4.78, 5) is 25.9. The van der Waals surface area contributed by atoms with Gasteiger partial charge in [-0.05, 0) is 66.4 Å². The van der Waals surface area contributed by atoms with Crippen LogP contribution in [0.3, 0.4) is 0 Å². The van der Waals surface area contributed by atoms with Crippen molar-refractivity contribution in [1.29, 1.82) is 0 Å². The Labute approximate surface area is 173 Å². The van der Waals surface area contributed by atoms with Crippen LogP contribution in [0.25, 0.3) is 22.6 Å². The summed E-state index contributed by atoms with van der Waals surface area (Å²) in [5.41, 5.74) is 4.98. The first kappa shape index (κ1) is 20.9. The van der Waals surface area contributed by atoms with Crippen molar-refractivity contribution < 1.29 is 14.3 Å². The minimum absolute atomic E-state index is 0.242. The summed E-state index contributed by atoms with van der Waals surface area (Å²) in [6, 6.07) is 10.0. The number of nitrogens with zero attached hydrogens (tertiary/aromatic N) is 3. The Hall–Kier alpha value is -3.87. The van der Waals surface area contributed by atoms with Gasteiger partial charge in [0.05, 0.1) is 17.5 Å². The Morgan fingerprint density at radius 2 is 1.73 bits per heavy atom. The lowest BCUT2D eigenvalue weighted by atomic mass is 10.1. The first-order valence-electron chi connectivity index (χ1n) is 9.37. The molecule has 0 saturated heterocycles. The van der Waals surface area contributed by atoms with E-state index in [1.807, 2.05) is 12.3 Å². The Bertz CT molecular complexity index is 1140. The van der Waals surface area contributed by atoms with Crippen molar-refractivity contribution in [2.45, 2.75) is 20.3 Å². The monoisotopic (exact) mass is 404 g/mol. The van der Waals surface area contributed by atoms with E-state index in [4.69, 9.17) is 5.11 Å². The van der Waals surface area contributed by atoms with Crippen molar-refractivity contribution in [3.63, 3.8) is 0 Å². The molecule has 0 saturated carbocycles. The second-order valence-electron chi connectivity index (χ2n) is 6.53. The zero-order valence-electron chi connectivity index (χ0n) is 16.6. The molecule has 0 aliphatic heterocycles. The summed E-state index contributed by atoms with van der Waals surface area (Å²) < 4.78 is 12.9. The van der Waals surface area contributed by atoms with Gasteiger partial charge in [0.15, 0.2) is 0 Å². The standard InChI is InChI=1S/C16H14FN3.C7H7NO2/c1-2-11-7-8-18-9-14(11)16-19-10-15(20-16)12-3-5-13(17)6-4-12;1-5-2-3-8-4-6(5)7(9)10/h3-10H,2H2,1H3,(H,19,20);2-4H,1H3,(H,9,10). The predicted octanol–water partition coefficient (Wildman–Crippen LogP) is 4.93. The van der Waals surface area contributed by atoms with E-state index < -0.39 is 5.97 Å². The van der Waals surface area contributed by atoms with E-state index in [0.29, 0.717) is 0 Å². The third-order valence-corrected chi connectivity index (χ3v) is 4.55. The molecule has 0 atom stereocenters. The number of nitrogens with one attached hydrogen (secondary N) is 1. The SMILES string of the molecule is CCc1ccncc1-c1ncc(-c2ccc(F)cc2)[nH]1.Cc1ccncc1C(=O)O. The summed E-state index contributed by atoms with van der Waals surface area (Å²) >= 11 is 0. The van der Waals surface area contributed by atoms with E-state index in [1.165, 1.54) is 23.9 Å². The number of halogens is 1. The highest BCUT2D eigenvalue weighted by Crippen LogP contribution is 2.24. The molecule has 3 aromatic heterocycles. The average Bonchev–Trinajstić information content (AvgIpc) is 3.25. The van der Waals surface area contributed by atoms with Crippen LogP contribution in [0, 0.1) is 12.7 Å². The summed E-state index contributed by atoms with van der Waals surface area (Å²) in [5, 5.41) is 8.53. The van der Waals surface area contributed by atoms with Crippen molar-refractivity contribution in [3.8, 4) is 22.6 Å². The Balaban J connectivity index is 0.000000216. The number of rotatable bonds is 4. The molecule has 4 aromatic rings. The molecule has 6 nitrogen and oxygen atoms in total. The van der Waals surface area contributed by atoms with Gasteiger partial charge in [0.2, 0.25) is 0 Å². The second kappa shape index (κ2) is 9.56. The summed E-state index contributed by atoms with van der Waals surface area (Å²) in [7, 11) is 0. The van der Waals surface area contributed by atoms with Crippen molar-refractivity contribution >= 4 is 5.97 Å². The Morgan fingerprint density at radius 3 is 2.37 bits per heavy atom. The maximum absolute atomic E-state index is 12.9. The van der Waals surface area contributed by atoms with Gasteiger partial charge in [0, 0.05) is 30.4 Å². The van der Waals surface area contributed by atoms with Gasteiger partial charge in [-0.3, -0.25) is 9.97 Å². The number of carbonyl (C=O) groups is 1. The smallest absolute Gasteiger partial charge is 0.337 e. The molecule has 0 radical (unpaired) electrons. The van der Waals surface area contributed by atoms with Crippen LogP contribution in [0.1, 0.15) is 28.4 Å². The van der Waals surface area contributed by atoms with Crippen LogP contribution in [-0.2, 0) is 6.42 Å². The van der Waals surface area contributed by atoms with Gasteiger partial charge in [-0.2, -0.15) is 0 Å². The van der Waals surface area contributed by atoms with Crippen LogP contribution in [0.15, 0.2) is 67.4 Å². The second-order valence-corrected chi connectivity index (χ2v) is 6.53. The molecule has 0 amide bonds. The van der Waals surface area contributed by atoms with Gasteiger partial charge in [-0.25, -0.2) is 14.2 Å². The molecular weight excluding hydrogens is 383 g/mol. The van der Waals surface area contributed by atoms with Crippen LogP contribution in [0.4, 0.5) is 4.39 Å². The van der Waals surface area contributed by atoms with Crippen LogP contribution in [0.5, 0.6) is 0 Å². The lowest BCUT2D eigenvalue weighted by Gasteiger charge is -2.03. The quantitative estimate of drug-likeness (QED) is 0.503. The van der Waals surface area contributed by atoms with E-state index in [-0.39, 0.29) is 11.4 Å². The number of carboxylic acid groups (broad SMARTS) is 1. The zero-order chi connectivity index (χ0) is 21.5. The van der Waals surface area contributed by atoms with Crippen LogP contribution >= 0.6 is 0 Å². The number of imidazole rings is 1. The van der Waals surface area contributed by atoms with E-state index in [2.05, 4.69) is 26.9 Å². The molecule has 0 unspecified atom stereocenters. The first-order valence-corrected chi connectivity index (χ1v) is 9.37. The first-order chi connectivity index (χ1) is 14.5. The van der Waals surface area contributed by atoms with Gasteiger partial charge in [0.25, 0.3) is 0 Å². The van der Waals surface area contributed by atoms with E-state index in [0.717, 1.165) is 34.6 Å². The Morgan fingerprint density at radius 1 is 1.03 bits per heavy atom. The zero-order valence-corrected chi connectivity index (χ0v) is 16.6. The maximum atomic E-state index is 12.9. The highest BCUT2D eigenvalue weighted by atomic mass is 19.1. The number of hydrogen-bond acceptors (Lipinski definition) is 4. The van der Waals surface area contributed by atoms with Gasteiger partial charge >= 0.3 is 5.97 Å². The van der Waals surface area contributed by atoms with Gasteiger partial charge < -0.3 is 10.1 Å². The van der Waals surface area contributed by atoms with Gasteiger partial charge in [-0.1, -0.05) is 6.92 Å². The molecule has 1 aromatic carbocycles. The molecule has 0 aliphatic rings. The number of pyridine rings is 2. The van der Waals surface area contributed by atoms with Crippen molar-refractivity contribution in [1.82, 2.24) is 19.9 Å². The number of carboxylic acids is 1. The average molecular weight is 404 g/mol. The van der Waals surface area contributed by atoms with Crippen LogP contribution < -0.4 is 0 Å². The molecule has 3 heterocycles. The largest absolute Gasteiger partial charge is 0.478 e. The number of H-pyrrole nitrogens is 1. The summed E-state index contributed by atoms with van der Waals surface area (Å²) in [6.45, 7) is 3.84. The lowest BCUT2D eigenvalue weighted by Crippen LogP contribution is -1.99. The van der Waals surface area contributed by atoms with E-state index >= 15 is 0 Å². The topological polar surface area (TPSA) is 91.8 Å². The molecule has 152 valence electrons. The van der Waals surface area contributed by atoms with E-state index in [1.54, 1.807) is 43.7 Å². The normalized spacial score (nSPS) is 10.2. The summed E-state index contributed by atoms with van der Waals surface area (Å²) in [5.74, 6) is -0.381. The van der Waals surface area contributed by atoms with E-state index in [9.17, 15) is 9.18 Å². The van der Waals surface area contributed by atoms with Crippen molar-refractivity contribution in [3.05, 3.63) is 89.9 Å². The number of benzene rings is 1. The molecular formula is C23H21FN4O2. The number of aryl methyl sites for hydroxylation is 2. The number of aromatic carboxylic acids is 1. The van der Waals surface area contributed by atoms with Crippen LogP contribution in [-0.4, -0.2) is 31.0 Å². The highest BCUT2D eigenvalue weighted by Gasteiger charge is 2.09. The van der Waals surface area contributed by atoms with Crippen molar-refractivity contribution in [2.75, 3.05) is 0 Å². The molecule has 0 aliphatic carbocycles. The molecule has 0 bridgehead atoms. The van der Waals surface area contributed by atoms with Gasteiger partial charge in [0.1, 0.15) is 11.6 Å². The van der Waals surface area contributed by atoms with Crippen LogP contribution in [0.2, 0.25) is 0 Å². The molecule has 0 fully saturated rings. The third-order valence-electron chi connectivity index (χ3n) is 4.55. The highest BCUT2D eigenvalue weighted by molar-refractivity contribution is 5.88. The third kappa shape index (κ3) is 4.94. The predicted molar refractivity (Wildman–Crippen MR) is 113 cm³/mol.